The van der Waals surface area contributed by atoms with Gasteiger partial charge in [0.25, 0.3) is 0 Å². The summed E-state index contributed by atoms with van der Waals surface area (Å²) in [6.45, 7) is 1.28. The Morgan fingerprint density at radius 2 is 2.25 bits per heavy atom. The summed E-state index contributed by atoms with van der Waals surface area (Å²) in [5, 5.41) is 9.96. The molecule has 3 nitrogen and oxygen atoms in total. The van der Waals surface area contributed by atoms with E-state index in [1.54, 1.807) is 0 Å². The highest BCUT2D eigenvalue weighted by Gasteiger charge is 2.20. The first kappa shape index (κ1) is 16.0. The zero-order chi connectivity index (χ0) is 14.4. The first-order chi connectivity index (χ1) is 9.69. The smallest absolute Gasteiger partial charge is 0.119 e. The van der Waals surface area contributed by atoms with Crippen molar-refractivity contribution in [2.24, 2.45) is 11.7 Å². The number of nitrogens with two attached hydrogens (primary N) is 1. The van der Waals surface area contributed by atoms with Gasteiger partial charge in [0.2, 0.25) is 0 Å². The van der Waals surface area contributed by atoms with Gasteiger partial charge in [-0.25, -0.2) is 0 Å². The largest absolute Gasteiger partial charge is 0.493 e. The Morgan fingerprint density at radius 3 is 3.00 bits per heavy atom. The summed E-state index contributed by atoms with van der Waals surface area (Å²) < 4.78 is 6.72. The van der Waals surface area contributed by atoms with Crippen LogP contribution in [0.3, 0.4) is 0 Å². The van der Waals surface area contributed by atoms with Crippen molar-refractivity contribution in [3.05, 3.63) is 29.8 Å². The number of alkyl halides is 1. The molecule has 0 bridgehead atoms. The predicted octanol–water partition coefficient (Wildman–Crippen LogP) is 3.44. The van der Waals surface area contributed by atoms with Crippen LogP contribution in [0, 0.1) is 5.92 Å². The predicted molar refractivity (Wildman–Crippen MR) is 90.3 cm³/mol. The third kappa shape index (κ3) is 4.90. The fourth-order valence-electron chi connectivity index (χ4n) is 2.73. The molecule has 0 saturated heterocycles. The molecule has 0 spiro atoms. The minimum atomic E-state index is -0.489. The van der Waals surface area contributed by atoms with Crippen LogP contribution in [0.5, 0.6) is 5.75 Å². The molecule has 0 radical (unpaired) electrons. The lowest BCUT2D eigenvalue weighted by atomic mass is 9.90. The fourth-order valence-corrected chi connectivity index (χ4v) is 3.89. The molecule has 0 aliphatic heterocycles. The summed E-state index contributed by atoms with van der Waals surface area (Å²) in [4.78, 5) is 0. The zero-order valence-electron chi connectivity index (χ0n) is 11.8. The highest BCUT2D eigenvalue weighted by molar-refractivity contribution is 14.1. The van der Waals surface area contributed by atoms with Crippen molar-refractivity contribution in [3.63, 3.8) is 0 Å². The Bertz CT molecular complexity index is 413. The van der Waals surface area contributed by atoms with Gasteiger partial charge in [-0.1, -0.05) is 41.1 Å². The lowest BCUT2D eigenvalue weighted by Crippen LogP contribution is -2.21. The van der Waals surface area contributed by atoms with E-state index >= 15 is 0 Å². The molecule has 1 fully saturated rings. The number of hydrogen-bond acceptors (Lipinski definition) is 3. The fraction of sp³-hybridized carbons (Fsp3) is 0.625. The number of aliphatic hydroxyl groups is 1. The van der Waals surface area contributed by atoms with E-state index in [0.717, 1.165) is 21.8 Å². The second-order valence-electron chi connectivity index (χ2n) is 5.61. The van der Waals surface area contributed by atoms with E-state index in [2.05, 4.69) is 22.6 Å². The van der Waals surface area contributed by atoms with Crippen LogP contribution < -0.4 is 10.5 Å². The number of aliphatic hydroxyl groups excluding tert-OH is 1. The molecule has 2 rings (SSSR count). The standard InChI is InChI=1S/C16H24INO2/c17-14-5-1-3-12(9-14)11-20-15-6-2-4-13(10-15)16(19)7-8-18/h2,4,6,10,12,14,16,19H,1,3,5,7-9,11,18H2/t12-,14+,16-/m1/s1. The zero-order valence-corrected chi connectivity index (χ0v) is 14.0. The normalized spacial score (nSPS) is 24.4. The van der Waals surface area contributed by atoms with Crippen LogP contribution in [0.2, 0.25) is 0 Å². The first-order valence-corrected chi connectivity index (χ1v) is 8.68. The second-order valence-corrected chi connectivity index (χ2v) is 7.37. The molecule has 4 heteroatoms. The number of halogens is 1. The van der Waals surface area contributed by atoms with Crippen molar-refractivity contribution in [1.29, 1.82) is 0 Å². The number of hydrogen-bond donors (Lipinski definition) is 2. The Morgan fingerprint density at radius 1 is 1.40 bits per heavy atom. The molecule has 1 saturated carbocycles. The van der Waals surface area contributed by atoms with E-state index < -0.39 is 6.10 Å². The average molecular weight is 389 g/mol. The van der Waals surface area contributed by atoms with E-state index in [1.807, 2.05) is 24.3 Å². The van der Waals surface area contributed by atoms with Gasteiger partial charge in [-0.3, -0.25) is 0 Å². The summed E-state index contributed by atoms with van der Waals surface area (Å²) in [5.74, 6) is 1.53. The van der Waals surface area contributed by atoms with Crippen LogP contribution >= 0.6 is 22.6 Å². The van der Waals surface area contributed by atoms with Gasteiger partial charge < -0.3 is 15.6 Å². The minimum absolute atomic E-state index is 0.489. The van der Waals surface area contributed by atoms with Crippen LogP contribution in [-0.2, 0) is 0 Å². The van der Waals surface area contributed by atoms with Crippen molar-refractivity contribution in [2.75, 3.05) is 13.2 Å². The maximum Gasteiger partial charge on any atom is 0.119 e. The highest BCUT2D eigenvalue weighted by atomic mass is 127. The van der Waals surface area contributed by atoms with Crippen molar-refractivity contribution in [2.45, 2.75) is 42.1 Å². The highest BCUT2D eigenvalue weighted by Crippen LogP contribution is 2.30. The molecule has 20 heavy (non-hydrogen) atoms. The molecule has 0 heterocycles. The molecule has 112 valence electrons. The van der Waals surface area contributed by atoms with Gasteiger partial charge in [-0.15, -0.1) is 0 Å². The van der Waals surface area contributed by atoms with Gasteiger partial charge in [0.1, 0.15) is 5.75 Å². The van der Waals surface area contributed by atoms with Crippen molar-refractivity contribution in [1.82, 2.24) is 0 Å². The molecule has 0 aromatic heterocycles. The van der Waals surface area contributed by atoms with Crippen LogP contribution in [0.15, 0.2) is 24.3 Å². The monoisotopic (exact) mass is 389 g/mol. The molecular formula is C16H24INO2. The third-order valence-corrected chi connectivity index (χ3v) is 5.02. The van der Waals surface area contributed by atoms with Crippen LogP contribution in [0.25, 0.3) is 0 Å². The van der Waals surface area contributed by atoms with Gasteiger partial charge in [-0.05, 0) is 55.8 Å². The number of rotatable bonds is 6. The molecule has 1 aliphatic carbocycles. The number of ether oxygens (including phenoxy) is 1. The third-order valence-electron chi connectivity index (χ3n) is 3.89. The Hall–Kier alpha value is -0.330. The lowest BCUT2D eigenvalue weighted by molar-refractivity contribution is 0.169. The molecule has 1 aromatic rings. The molecule has 0 unspecified atom stereocenters. The van der Waals surface area contributed by atoms with Gasteiger partial charge in [0.15, 0.2) is 0 Å². The summed E-state index contributed by atoms with van der Waals surface area (Å²) in [7, 11) is 0. The lowest BCUT2D eigenvalue weighted by Gasteiger charge is -2.25. The van der Waals surface area contributed by atoms with E-state index in [0.29, 0.717) is 18.9 Å². The van der Waals surface area contributed by atoms with E-state index in [9.17, 15) is 5.11 Å². The maximum absolute atomic E-state index is 9.96. The summed E-state index contributed by atoms with van der Waals surface area (Å²) >= 11 is 2.55. The number of benzene rings is 1. The van der Waals surface area contributed by atoms with Gasteiger partial charge >= 0.3 is 0 Å². The Kier molecular flexibility index (Phi) is 6.58. The topological polar surface area (TPSA) is 55.5 Å². The first-order valence-electron chi connectivity index (χ1n) is 7.44. The summed E-state index contributed by atoms with van der Waals surface area (Å²) in [6.07, 6.45) is 5.29. The van der Waals surface area contributed by atoms with Crippen LogP contribution in [0.4, 0.5) is 0 Å². The van der Waals surface area contributed by atoms with Gasteiger partial charge in [0.05, 0.1) is 12.7 Å². The van der Waals surface area contributed by atoms with Crippen LogP contribution in [-0.4, -0.2) is 22.2 Å². The quantitative estimate of drug-likeness (QED) is 0.579. The molecular weight excluding hydrogens is 365 g/mol. The van der Waals surface area contributed by atoms with Crippen molar-refractivity contribution in [3.8, 4) is 5.75 Å². The molecule has 3 N–H and O–H groups in total. The minimum Gasteiger partial charge on any atom is -0.493 e. The van der Waals surface area contributed by atoms with E-state index in [4.69, 9.17) is 10.5 Å². The molecule has 0 amide bonds. The Labute approximate surface area is 135 Å². The average Bonchev–Trinajstić information content (AvgIpc) is 2.46. The van der Waals surface area contributed by atoms with Gasteiger partial charge in [-0.2, -0.15) is 0 Å². The molecule has 1 aliphatic rings. The van der Waals surface area contributed by atoms with Crippen molar-refractivity contribution < 1.29 is 9.84 Å². The van der Waals surface area contributed by atoms with Crippen molar-refractivity contribution >= 4 is 22.6 Å². The molecule has 3 atom stereocenters. The van der Waals surface area contributed by atoms with E-state index in [1.165, 1.54) is 25.7 Å². The second kappa shape index (κ2) is 8.20. The van der Waals surface area contributed by atoms with Crippen LogP contribution in [0.1, 0.15) is 43.8 Å². The van der Waals surface area contributed by atoms with E-state index in [-0.39, 0.29) is 0 Å². The summed E-state index contributed by atoms with van der Waals surface area (Å²) in [5.41, 5.74) is 6.37. The SMILES string of the molecule is NCC[C@@H](O)c1cccc(OC[C@@H]2CCC[C@H](I)C2)c1. The maximum atomic E-state index is 9.96. The Balaban J connectivity index is 1.87. The summed E-state index contributed by atoms with van der Waals surface area (Å²) in [6, 6.07) is 7.76. The van der Waals surface area contributed by atoms with Gasteiger partial charge in [0, 0.05) is 3.92 Å². The molecule has 1 aromatic carbocycles.